The fourth-order valence-corrected chi connectivity index (χ4v) is 1.99. The van der Waals surface area contributed by atoms with Crippen molar-refractivity contribution >= 4 is 0 Å². The summed E-state index contributed by atoms with van der Waals surface area (Å²) in [7, 11) is 1.67. The fourth-order valence-electron chi connectivity index (χ4n) is 1.99. The predicted molar refractivity (Wildman–Crippen MR) is 63.4 cm³/mol. The Bertz CT molecular complexity index is 349. The highest BCUT2D eigenvalue weighted by Gasteiger charge is 2.30. The van der Waals surface area contributed by atoms with Crippen LogP contribution in [0, 0.1) is 5.92 Å². The lowest BCUT2D eigenvalue weighted by molar-refractivity contribution is 0.0854. The molecule has 0 aromatic carbocycles. The van der Waals surface area contributed by atoms with Crippen molar-refractivity contribution in [1.29, 1.82) is 0 Å². The van der Waals surface area contributed by atoms with E-state index in [1.165, 1.54) is 12.8 Å². The molecular formula is C12H21N3O2. The smallest absolute Gasteiger partial charge is 0.228 e. The molecule has 0 spiro atoms. The van der Waals surface area contributed by atoms with Crippen LogP contribution >= 0.6 is 0 Å². The van der Waals surface area contributed by atoms with Gasteiger partial charge in [-0.3, -0.25) is 0 Å². The van der Waals surface area contributed by atoms with Crippen LogP contribution in [0.15, 0.2) is 4.52 Å². The van der Waals surface area contributed by atoms with Crippen LogP contribution in [-0.2, 0) is 11.2 Å². The normalized spacial score (nSPS) is 19.2. The largest absolute Gasteiger partial charge is 0.373 e. The summed E-state index contributed by atoms with van der Waals surface area (Å²) in [4.78, 5) is 4.37. The monoisotopic (exact) mass is 239 g/mol. The zero-order valence-corrected chi connectivity index (χ0v) is 10.6. The second-order valence-corrected chi connectivity index (χ2v) is 4.76. The molecule has 17 heavy (non-hydrogen) atoms. The quantitative estimate of drug-likeness (QED) is 0.785. The number of aromatic nitrogens is 2. The molecule has 5 nitrogen and oxygen atoms in total. The van der Waals surface area contributed by atoms with E-state index < -0.39 is 0 Å². The van der Waals surface area contributed by atoms with E-state index in [9.17, 15) is 0 Å². The van der Waals surface area contributed by atoms with Crippen LogP contribution in [0.4, 0.5) is 0 Å². The molecule has 0 amide bonds. The summed E-state index contributed by atoms with van der Waals surface area (Å²) in [5, 5.41) is 3.97. The Kier molecular flexibility index (Phi) is 4.12. The SMILES string of the molecule is CCCC(OC)c1noc(CC(N)C2CC2)n1. The van der Waals surface area contributed by atoms with E-state index in [1.54, 1.807) is 7.11 Å². The summed E-state index contributed by atoms with van der Waals surface area (Å²) in [6, 6.07) is 0.162. The number of nitrogens with zero attached hydrogens (tertiary/aromatic N) is 2. The predicted octanol–water partition coefficient (Wildman–Crippen LogP) is 1.84. The van der Waals surface area contributed by atoms with Crippen LogP contribution < -0.4 is 5.73 Å². The van der Waals surface area contributed by atoms with Crippen LogP contribution in [-0.4, -0.2) is 23.3 Å². The first-order valence-corrected chi connectivity index (χ1v) is 6.35. The van der Waals surface area contributed by atoms with Gasteiger partial charge in [-0.25, -0.2) is 0 Å². The molecular weight excluding hydrogens is 218 g/mol. The molecule has 0 saturated heterocycles. The molecule has 1 fully saturated rings. The van der Waals surface area contributed by atoms with Gasteiger partial charge in [0.2, 0.25) is 11.7 Å². The lowest BCUT2D eigenvalue weighted by atomic mass is 10.1. The molecule has 1 heterocycles. The maximum absolute atomic E-state index is 6.03. The highest BCUT2D eigenvalue weighted by Crippen LogP contribution is 2.32. The van der Waals surface area contributed by atoms with Crippen molar-refractivity contribution in [3.05, 3.63) is 11.7 Å². The molecule has 96 valence electrons. The Morgan fingerprint density at radius 3 is 2.88 bits per heavy atom. The van der Waals surface area contributed by atoms with Gasteiger partial charge in [0.25, 0.3) is 0 Å². The Morgan fingerprint density at radius 2 is 2.29 bits per heavy atom. The first-order chi connectivity index (χ1) is 8.24. The summed E-state index contributed by atoms with van der Waals surface area (Å²) in [6.45, 7) is 2.11. The minimum atomic E-state index is -0.0605. The van der Waals surface area contributed by atoms with Gasteiger partial charge >= 0.3 is 0 Å². The van der Waals surface area contributed by atoms with Crippen molar-refractivity contribution in [3.63, 3.8) is 0 Å². The van der Waals surface area contributed by atoms with Gasteiger partial charge in [0.1, 0.15) is 6.10 Å². The fraction of sp³-hybridized carbons (Fsp3) is 0.833. The molecule has 1 aliphatic carbocycles. The molecule has 2 unspecified atom stereocenters. The summed E-state index contributed by atoms with van der Waals surface area (Å²) < 4.78 is 10.6. The highest BCUT2D eigenvalue weighted by molar-refractivity contribution is 4.96. The highest BCUT2D eigenvalue weighted by atomic mass is 16.5. The number of nitrogens with two attached hydrogens (primary N) is 1. The van der Waals surface area contributed by atoms with Gasteiger partial charge < -0.3 is 15.0 Å². The molecule has 2 atom stereocenters. The molecule has 0 aliphatic heterocycles. The van der Waals surface area contributed by atoms with Crippen molar-refractivity contribution in [1.82, 2.24) is 10.1 Å². The number of methoxy groups -OCH3 is 1. The van der Waals surface area contributed by atoms with E-state index in [-0.39, 0.29) is 12.1 Å². The topological polar surface area (TPSA) is 74.2 Å². The summed E-state index contributed by atoms with van der Waals surface area (Å²) in [5.41, 5.74) is 6.03. The van der Waals surface area contributed by atoms with E-state index >= 15 is 0 Å². The minimum absolute atomic E-state index is 0.0605. The van der Waals surface area contributed by atoms with Crippen LogP contribution in [0.5, 0.6) is 0 Å². The van der Waals surface area contributed by atoms with Crippen molar-refractivity contribution in [2.45, 2.75) is 51.2 Å². The van der Waals surface area contributed by atoms with E-state index in [4.69, 9.17) is 15.0 Å². The number of hydrogen-bond acceptors (Lipinski definition) is 5. The van der Waals surface area contributed by atoms with E-state index in [1.807, 2.05) is 0 Å². The molecule has 0 bridgehead atoms. The molecule has 1 aromatic heterocycles. The first-order valence-electron chi connectivity index (χ1n) is 6.35. The van der Waals surface area contributed by atoms with Gasteiger partial charge in [0, 0.05) is 19.6 Å². The number of rotatable bonds is 7. The van der Waals surface area contributed by atoms with Gasteiger partial charge in [-0.2, -0.15) is 4.98 Å². The average Bonchev–Trinajstić information content (AvgIpc) is 3.08. The summed E-state index contributed by atoms with van der Waals surface area (Å²) in [6.07, 6.45) is 5.03. The molecule has 2 N–H and O–H groups in total. The second-order valence-electron chi connectivity index (χ2n) is 4.76. The lowest BCUT2D eigenvalue weighted by Gasteiger charge is -2.08. The zero-order chi connectivity index (χ0) is 12.3. The van der Waals surface area contributed by atoms with Gasteiger partial charge in [0.05, 0.1) is 0 Å². The summed E-state index contributed by atoms with van der Waals surface area (Å²) in [5.74, 6) is 1.93. The standard InChI is InChI=1S/C12H21N3O2/c1-3-4-10(16-2)12-14-11(17-15-12)7-9(13)8-5-6-8/h8-10H,3-7,13H2,1-2H3. The Hall–Kier alpha value is -0.940. The average molecular weight is 239 g/mol. The number of ether oxygens (including phenoxy) is 1. The van der Waals surface area contributed by atoms with E-state index in [0.29, 0.717) is 24.1 Å². The van der Waals surface area contributed by atoms with Crippen molar-refractivity contribution in [2.24, 2.45) is 11.7 Å². The van der Waals surface area contributed by atoms with Gasteiger partial charge in [0.15, 0.2) is 0 Å². The van der Waals surface area contributed by atoms with Gasteiger partial charge in [-0.1, -0.05) is 18.5 Å². The minimum Gasteiger partial charge on any atom is -0.373 e. The van der Waals surface area contributed by atoms with E-state index in [0.717, 1.165) is 12.8 Å². The summed E-state index contributed by atoms with van der Waals surface area (Å²) >= 11 is 0. The van der Waals surface area contributed by atoms with Gasteiger partial charge in [-0.05, 0) is 25.2 Å². The van der Waals surface area contributed by atoms with Crippen LogP contribution in [0.1, 0.15) is 50.4 Å². The molecule has 2 rings (SSSR count). The molecule has 0 radical (unpaired) electrons. The first kappa shape index (κ1) is 12.5. The van der Waals surface area contributed by atoms with Crippen molar-refractivity contribution in [3.8, 4) is 0 Å². The van der Waals surface area contributed by atoms with E-state index in [2.05, 4.69) is 17.1 Å². The van der Waals surface area contributed by atoms with Crippen molar-refractivity contribution in [2.75, 3.05) is 7.11 Å². The zero-order valence-electron chi connectivity index (χ0n) is 10.6. The van der Waals surface area contributed by atoms with Crippen LogP contribution in [0.25, 0.3) is 0 Å². The molecule has 1 aromatic rings. The Labute approximate surface area is 102 Å². The van der Waals surface area contributed by atoms with Crippen LogP contribution in [0.3, 0.4) is 0 Å². The number of hydrogen-bond donors (Lipinski definition) is 1. The third-order valence-corrected chi connectivity index (χ3v) is 3.24. The third-order valence-electron chi connectivity index (χ3n) is 3.24. The molecule has 1 aliphatic rings. The van der Waals surface area contributed by atoms with Crippen molar-refractivity contribution < 1.29 is 9.26 Å². The second kappa shape index (κ2) is 5.60. The van der Waals surface area contributed by atoms with Gasteiger partial charge in [-0.15, -0.1) is 0 Å². The maximum Gasteiger partial charge on any atom is 0.228 e. The lowest BCUT2D eigenvalue weighted by Crippen LogP contribution is -2.25. The molecule has 1 saturated carbocycles. The molecule has 5 heteroatoms. The Morgan fingerprint density at radius 1 is 1.53 bits per heavy atom. The maximum atomic E-state index is 6.03. The third kappa shape index (κ3) is 3.26. The van der Waals surface area contributed by atoms with Crippen LogP contribution in [0.2, 0.25) is 0 Å². The Balaban J connectivity index is 1.93.